The van der Waals surface area contributed by atoms with Crippen molar-refractivity contribution < 1.29 is 9.84 Å². The summed E-state index contributed by atoms with van der Waals surface area (Å²) >= 11 is 0. The quantitative estimate of drug-likeness (QED) is 0.787. The normalized spacial score (nSPS) is 17.9. The SMILES string of the molecule is CC(O)c1ccc(OCCCN2CCCC2)cc1. The van der Waals surface area contributed by atoms with Gasteiger partial charge < -0.3 is 14.7 Å². The molecule has 2 rings (SSSR count). The summed E-state index contributed by atoms with van der Waals surface area (Å²) in [5.74, 6) is 0.890. The predicted octanol–water partition coefficient (Wildman–Crippen LogP) is 2.60. The summed E-state index contributed by atoms with van der Waals surface area (Å²) in [6.45, 7) is 6.19. The molecular weight excluding hydrogens is 226 g/mol. The monoisotopic (exact) mass is 249 g/mol. The lowest BCUT2D eigenvalue weighted by atomic mass is 10.1. The molecule has 1 heterocycles. The van der Waals surface area contributed by atoms with Crippen LogP contribution in [0.15, 0.2) is 24.3 Å². The topological polar surface area (TPSA) is 32.7 Å². The molecule has 1 aromatic rings. The Morgan fingerprint density at radius 2 is 1.89 bits per heavy atom. The lowest BCUT2D eigenvalue weighted by Gasteiger charge is -2.14. The van der Waals surface area contributed by atoms with E-state index in [1.54, 1.807) is 6.92 Å². The number of nitrogens with zero attached hydrogens (tertiary/aromatic N) is 1. The molecular formula is C15H23NO2. The molecule has 3 nitrogen and oxygen atoms in total. The van der Waals surface area contributed by atoms with Gasteiger partial charge in [-0.15, -0.1) is 0 Å². The molecule has 0 aliphatic carbocycles. The smallest absolute Gasteiger partial charge is 0.119 e. The fourth-order valence-electron chi connectivity index (χ4n) is 2.33. The Morgan fingerprint density at radius 3 is 2.50 bits per heavy atom. The second-order valence-corrected chi connectivity index (χ2v) is 5.00. The molecule has 3 heteroatoms. The first-order valence-electron chi connectivity index (χ1n) is 6.89. The molecule has 0 amide bonds. The molecule has 1 N–H and O–H groups in total. The van der Waals surface area contributed by atoms with E-state index in [0.717, 1.165) is 30.9 Å². The van der Waals surface area contributed by atoms with Crippen molar-refractivity contribution in [3.63, 3.8) is 0 Å². The van der Waals surface area contributed by atoms with E-state index in [1.807, 2.05) is 24.3 Å². The fourth-order valence-corrected chi connectivity index (χ4v) is 2.33. The molecule has 1 unspecified atom stereocenters. The Morgan fingerprint density at radius 1 is 1.22 bits per heavy atom. The fraction of sp³-hybridized carbons (Fsp3) is 0.600. The number of hydrogen-bond donors (Lipinski definition) is 1. The number of ether oxygens (including phenoxy) is 1. The van der Waals surface area contributed by atoms with Crippen LogP contribution in [-0.2, 0) is 0 Å². The zero-order valence-corrected chi connectivity index (χ0v) is 11.1. The maximum atomic E-state index is 9.40. The van der Waals surface area contributed by atoms with Crippen LogP contribution in [0.2, 0.25) is 0 Å². The van der Waals surface area contributed by atoms with Crippen molar-refractivity contribution in [3.8, 4) is 5.75 Å². The van der Waals surface area contributed by atoms with Gasteiger partial charge in [-0.1, -0.05) is 12.1 Å². The standard InChI is InChI=1S/C15H23NO2/c1-13(17)14-5-7-15(8-6-14)18-12-4-11-16-9-2-3-10-16/h5-8,13,17H,2-4,9-12H2,1H3. The molecule has 1 fully saturated rings. The van der Waals surface area contributed by atoms with Gasteiger partial charge in [0, 0.05) is 6.54 Å². The lowest BCUT2D eigenvalue weighted by Crippen LogP contribution is -2.21. The number of likely N-dealkylation sites (tertiary alicyclic amines) is 1. The van der Waals surface area contributed by atoms with Crippen molar-refractivity contribution in [2.75, 3.05) is 26.2 Å². The maximum Gasteiger partial charge on any atom is 0.119 e. The van der Waals surface area contributed by atoms with E-state index in [9.17, 15) is 5.11 Å². The molecule has 1 saturated heterocycles. The highest BCUT2D eigenvalue weighted by Gasteiger charge is 2.10. The van der Waals surface area contributed by atoms with Crippen LogP contribution in [0.4, 0.5) is 0 Å². The van der Waals surface area contributed by atoms with E-state index < -0.39 is 6.10 Å². The maximum absolute atomic E-state index is 9.40. The van der Waals surface area contributed by atoms with Gasteiger partial charge in [0.1, 0.15) is 5.75 Å². The second kappa shape index (κ2) is 6.76. The molecule has 0 radical (unpaired) electrons. The highest BCUT2D eigenvalue weighted by molar-refractivity contribution is 5.28. The van der Waals surface area contributed by atoms with Crippen LogP contribution in [0, 0.1) is 0 Å². The third kappa shape index (κ3) is 4.00. The average Bonchev–Trinajstić information content (AvgIpc) is 2.88. The summed E-state index contributed by atoms with van der Waals surface area (Å²) in [5.41, 5.74) is 0.930. The Balaban J connectivity index is 1.66. The molecule has 0 aromatic heterocycles. The van der Waals surface area contributed by atoms with Crippen molar-refractivity contribution in [2.24, 2.45) is 0 Å². The van der Waals surface area contributed by atoms with Gasteiger partial charge in [0.2, 0.25) is 0 Å². The van der Waals surface area contributed by atoms with Crippen molar-refractivity contribution in [3.05, 3.63) is 29.8 Å². The van der Waals surface area contributed by atoms with Gasteiger partial charge in [-0.2, -0.15) is 0 Å². The van der Waals surface area contributed by atoms with E-state index in [-0.39, 0.29) is 0 Å². The van der Waals surface area contributed by atoms with E-state index in [1.165, 1.54) is 25.9 Å². The minimum absolute atomic E-state index is 0.408. The molecule has 1 atom stereocenters. The Labute approximate surface area is 109 Å². The van der Waals surface area contributed by atoms with Gasteiger partial charge in [0.25, 0.3) is 0 Å². The number of rotatable bonds is 6. The summed E-state index contributed by atoms with van der Waals surface area (Å²) in [7, 11) is 0. The van der Waals surface area contributed by atoms with Crippen LogP contribution >= 0.6 is 0 Å². The van der Waals surface area contributed by atoms with Crippen molar-refractivity contribution >= 4 is 0 Å². The number of benzene rings is 1. The van der Waals surface area contributed by atoms with Gasteiger partial charge in [-0.3, -0.25) is 0 Å². The largest absolute Gasteiger partial charge is 0.494 e. The zero-order chi connectivity index (χ0) is 12.8. The molecule has 0 spiro atoms. The van der Waals surface area contributed by atoms with Gasteiger partial charge in [0.15, 0.2) is 0 Å². The third-order valence-corrected chi connectivity index (χ3v) is 3.45. The number of aliphatic hydroxyl groups excluding tert-OH is 1. The summed E-state index contributed by atoms with van der Waals surface area (Å²) in [6, 6.07) is 7.69. The van der Waals surface area contributed by atoms with Gasteiger partial charge >= 0.3 is 0 Å². The van der Waals surface area contributed by atoms with E-state index in [2.05, 4.69) is 4.90 Å². The molecule has 1 aromatic carbocycles. The Kier molecular flexibility index (Phi) is 5.02. The summed E-state index contributed by atoms with van der Waals surface area (Å²) in [6.07, 6.45) is 3.37. The van der Waals surface area contributed by atoms with Crippen molar-refractivity contribution in [1.82, 2.24) is 4.90 Å². The minimum atomic E-state index is -0.408. The first kappa shape index (κ1) is 13.4. The van der Waals surface area contributed by atoms with Crippen LogP contribution in [-0.4, -0.2) is 36.2 Å². The highest BCUT2D eigenvalue weighted by Crippen LogP contribution is 2.17. The highest BCUT2D eigenvalue weighted by atomic mass is 16.5. The molecule has 100 valence electrons. The van der Waals surface area contributed by atoms with Gasteiger partial charge in [0.05, 0.1) is 12.7 Å². The molecule has 1 aliphatic rings. The van der Waals surface area contributed by atoms with Crippen LogP contribution in [0.5, 0.6) is 5.75 Å². The Bertz CT molecular complexity index is 342. The molecule has 0 bridgehead atoms. The first-order chi connectivity index (χ1) is 8.75. The van der Waals surface area contributed by atoms with Crippen molar-refractivity contribution in [2.45, 2.75) is 32.3 Å². The van der Waals surface area contributed by atoms with Crippen molar-refractivity contribution in [1.29, 1.82) is 0 Å². The summed E-state index contributed by atoms with van der Waals surface area (Å²) < 4.78 is 5.69. The van der Waals surface area contributed by atoms with E-state index in [4.69, 9.17) is 4.74 Å². The van der Waals surface area contributed by atoms with Crippen LogP contribution < -0.4 is 4.74 Å². The summed E-state index contributed by atoms with van der Waals surface area (Å²) in [4.78, 5) is 2.50. The first-order valence-corrected chi connectivity index (χ1v) is 6.89. The van der Waals surface area contributed by atoms with E-state index >= 15 is 0 Å². The summed E-state index contributed by atoms with van der Waals surface area (Å²) in [5, 5.41) is 9.40. The molecule has 1 aliphatic heterocycles. The zero-order valence-electron chi connectivity index (χ0n) is 11.1. The predicted molar refractivity (Wildman–Crippen MR) is 72.9 cm³/mol. The average molecular weight is 249 g/mol. The van der Waals surface area contributed by atoms with Crippen LogP contribution in [0.1, 0.15) is 37.9 Å². The van der Waals surface area contributed by atoms with Gasteiger partial charge in [-0.05, 0) is 57.0 Å². The van der Waals surface area contributed by atoms with Gasteiger partial charge in [-0.25, -0.2) is 0 Å². The lowest BCUT2D eigenvalue weighted by molar-refractivity contribution is 0.199. The second-order valence-electron chi connectivity index (χ2n) is 5.00. The number of aliphatic hydroxyl groups is 1. The van der Waals surface area contributed by atoms with E-state index in [0.29, 0.717) is 0 Å². The third-order valence-electron chi connectivity index (χ3n) is 3.45. The molecule has 18 heavy (non-hydrogen) atoms. The number of hydrogen-bond acceptors (Lipinski definition) is 3. The van der Waals surface area contributed by atoms with Crippen LogP contribution in [0.3, 0.4) is 0 Å². The molecule has 0 saturated carbocycles. The Hall–Kier alpha value is -1.06. The minimum Gasteiger partial charge on any atom is -0.494 e. The van der Waals surface area contributed by atoms with Crippen LogP contribution in [0.25, 0.3) is 0 Å².